The molecule has 8 heteroatoms. The quantitative estimate of drug-likeness (QED) is 0.730. The molecule has 0 fully saturated rings. The standard InChI is InChI=1S/C19H18N4O4/c1-26-16-8-13-14(9-17(16)27-2)20-10-21-18(13)22-12-3-4-15-11(7-12)5-6-23(15)19(24)25/h3-4,7-10H,5-6H2,1-2H3,(H,24,25)(H,20,21,22). The number of rotatable bonds is 4. The molecule has 1 aliphatic rings. The minimum atomic E-state index is -0.933. The van der Waals surface area contributed by atoms with Crippen molar-refractivity contribution in [2.75, 3.05) is 31.0 Å². The monoisotopic (exact) mass is 366 g/mol. The molecule has 0 saturated carbocycles. The zero-order valence-electron chi connectivity index (χ0n) is 14.9. The van der Waals surface area contributed by atoms with Crippen LogP contribution in [0.15, 0.2) is 36.7 Å². The Labute approximate surface area is 155 Å². The number of benzene rings is 2. The molecule has 4 rings (SSSR count). The maximum absolute atomic E-state index is 11.3. The summed E-state index contributed by atoms with van der Waals surface area (Å²) in [5.74, 6) is 1.82. The van der Waals surface area contributed by atoms with Crippen LogP contribution in [0.5, 0.6) is 11.5 Å². The molecule has 2 aromatic carbocycles. The summed E-state index contributed by atoms with van der Waals surface area (Å²) in [6.07, 6.45) is 1.24. The number of amides is 1. The molecule has 1 aromatic heterocycles. The molecule has 2 N–H and O–H groups in total. The van der Waals surface area contributed by atoms with Gasteiger partial charge in [0.1, 0.15) is 12.1 Å². The van der Waals surface area contributed by atoms with Gasteiger partial charge in [0.25, 0.3) is 0 Å². The van der Waals surface area contributed by atoms with Crippen LogP contribution in [0.2, 0.25) is 0 Å². The first-order valence-electron chi connectivity index (χ1n) is 8.38. The molecule has 27 heavy (non-hydrogen) atoms. The van der Waals surface area contributed by atoms with E-state index in [1.165, 1.54) is 11.2 Å². The number of hydrogen-bond donors (Lipinski definition) is 2. The second kappa shape index (κ2) is 6.64. The van der Waals surface area contributed by atoms with Crippen LogP contribution in [-0.2, 0) is 6.42 Å². The smallest absolute Gasteiger partial charge is 0.411 e. The maximum atomic E-state index is 11.3. The van der Waals surface area contributed by atoms with Crippen LogP contribution in [0.3, 0.4) is 0 Å². The fourth-order valence-corrected chi connectivity index (χ4v) is 3.30. The Morgan fingerprint density at radius 3 is 2.67 bits per heavy atom. The minimum absolute atomic E-state index is 0.474. The summed E-state index contributed by atoms with van der Waals surface area (Å²) < 4.78 is 10.7. The summed E-state index contributed by atoms with van der Waals surface area (Å²) >= 11 is 0. The molecule has 1 amide bonds. The SMILES string of the molecule is COc1cc2ncnc(Nc3ccc4c(c3)CCN4C(=O)O)c2cc1OC. The van der Waals surface area contributed by atoms with E-state index in [0.717, 1.165) is 27.8 Å². The van der Waals surface area contributed by atoms with Crippen LogP contribution in [-0.4, -0.2) is 41.9 Å². The molecule has 1 aliphatic heterocycles. The molecule has 0 radical (unpaired) electrons. The lowest BCUT2D eigenvalue weighted by Gasteiger charge is -2.14. The number of carboxylic acid groups (broad SMARTS) is 1. The first-order valence-corrected chi connectivity index (χ1v) is 8.38. The van der Waals surface area contributed by atoms with Crippen LogP contribution < -0.4 is 19.7 Å². The lowest BCUT2D eigenvalue weighted by Crippen LogP contribution is -2.26. The molecule has 0 saturated heterocycles. The van der Waals surface area contributed by atoms with E-state index in [1.807, 2.05) is 24.3 Å². The lowest BCUT2D eigenvalue weighted by molar-refractivity contribution is 0.202. The molecule has 0 spiro atoms. The fraction of sp³-hybridized carbons (Fsp3) is 0.211. The van der Waals surface area contributed by atoms with Crippen LogP contribution in [0, 0.1) is 0 Å². The van der Waals surface area contributed by atoms with E-state index in [9.17, 15) is 9.90 Å². The van der Waals surface area contributed by atoms with Gasteiger partial charge in [0.15, 0.2) is 11.5 Å². The van der Waals surface area contributed by atoms with Gasteiger partial charge in [0, 0.05) is 23.7 Å². The van der Waals surface area contributed by atoms with Gasteiger partial charge in [-0.15, -0.1) is 0 Å². The number of carbonyl (C=O) groups is 1. The van der Waals surface area contributed by atoms with E-state index < -0.39 is 6.09 Å². The van der Waals surface area contributed by atoms with Gasteiger partial charge in [-0.25, -0.2) is 14.8 Å². The average Bonchev–Trinajstić information content (AvgIpc) is 3.10. The van der Waals surface area contributed by atoms with Crippen molar-refractivity contribution in [3.63, 3.8) is 0 Å². The third kappa shape index (κ3) is 2.95. The molecule has 0 aliphatic carbocycles. The first kappa shape index (κ1) is 16.9. The third-order valence-electron chi connectivity index (χ3n) is 4.61. The summed E-state index contributed by atoms with van der Waals surface area (Å²) in [5.41, 5.74) is 3.27. The number of ether oxygens (including phenoxy) is 2. The van der Waals surface area contributed by atoms with Gasteiger partial charge in [-0.2, -0.15) is 0 Å². The predicted molar refractivity (Wildman–Crippen MR) is 101 cm³/mol. The molecule has 0 unspecified atom stereocenters. The number of nitrogens with one attached hydrogen (secondary N) is 1. The van der Waals surface area contributed by atoms with Crippen LogP contribution >= 0.6 is 0 Å². The molecule has 2 heterocycles. The largest absolute Gasteiger partial charge is 0.493 e. The number of hydrogen-bond acceptors (Lipinski definition) is 6. The Morgan fingerprint density at radius 2 is 1.93 bits per heavy atom. The average molecular weight is 366 g/mol. The van der Waals surface area contributed by atoms with Gasteiger partial charge in [-0.3, -0.25) is 4.90 Å². The van der Waals surface area contributed by atoms with E-state index in [-0.39, 0.29) is 0 Å². The second-order valence-corrected chi connectivity index (χ2v) is 6.10. The van der Waals surface area contributed by atoms with Crippen molar-refractivity contribution in [3.05, 3.63) is 42.2 Å². The number of aromatic nitrogens is 2. The van der Waals surface area contributed by atoms with E-state index in [0.29, 0.717) is 30.3 Å². The Hall–Kier alpha value is -3.55. The van der Waals surface area contributed by atoms with Gasteiger partial charge in [0.05, 0.1) is 25.4 Å². The van der Waals surface area contributed by atoms with Gasteiger partial charge < -0.3 is 19.9 Å². The molecule has 8 nitrogen and oxygen atoms in total. The van der Waals surface area contributed by atoms with Crippen molar-refractivity contribution < 1.29 is 19.4 Å². The molecule has 3 aromatic rings. The number of nitrogens with zero attached hydrogens (tertiary/aromatic N) is 3. The highest BCUT2D eigenvalue weighted by molar-refractivity contribution is 5.94. The van der Waals surface area contributed by atoms with Crippen molar-refractivity contribution in [3.8, 4) is 11.5 Å². The van der Waals surface area contributed by atoms with Gasteiger partial charge in [-0.05, 0) is 36.2 Å². The Balaban J connectivity index is 1.71. The molecule has 0 bridgehead atoms. The van der Waals surface area contributed by atoms with Crippen LogP contribution in [0.4, 0.5) is 22.0 Å². The summed E-state index contributed by atoms with van der Waals surface area (Å²) in [5, 5.41) is 13.3. The van der Waals surface area contributed by atoms with Crippen molar-refractivity contribution in [1.82, 2.24) is 9.97 Å². The van der Waals surface area contributed by atoms with Gasteiger partial charge >= 0.3 is 6.09 Å². The highest BCUT2D eigenvalue weighted by Gasteiger charge is 2.24. The fourth-order valence-electron chi connectivity index (χ4n) is 3.30. The highest BCUT2D eigenvalue weighted by atomic mass is 16.5. The molecular weight excluding hydrogens is 348 g/mol. The van der Waals surface area contributed by atoms with E-state index >= 15 is 0 Å². The highest BCUT2D eigenvalue weighted by Crippen LogP contribution is 2.35. The minimum Gasteiger partial charge on any atom is -0.493 e. The van der Waals surface area contributed by atoms with Gasteiger partial charge in [-0.1, -0.05) is 0 Å². The Kier molecular flexibility index (Phi) is 4.15. The Bertz CT molecular complexity index is 1040. The number of fused-ring (bicyclic) bond motifs is 2. The van der Waals surface area contributed by atoms with Crippen molar-refractivity contribution in [2.24, 2.45) is 0 Å². The zero-order chi connectivity index (χ0) is 19.0. The van der Waals surface area contributed by atoms with Gasteiger partial charge in [0.2, 0.25) is 0 Å². The molecule has 138 valence electrons. The summed E-state index contributed by atoms with van der Waals surface area (Å²) in [6, 6.07) is 9.23. The maximum Gasteiger partial charge on any atom is 0.411 e. The van der Waals surface area contributed by atoms with Crippen LogP contribution in [0.1, 0.15) is 5.56 Å². The van der Waals surface area contributed by atoms with E-state index in [2.05, 4.69) is 15.3 Å². The third-order valence-corrected chi connectivity index (χ3v) is 4.61. The van der Waals surface area contributed by atoms with Crippen molar-refractivity contribution in [1.29, 1.82) is 0 Å². The van der Waals surface area contributed by atoms with E-state index in [1.54, 1.807) is 20.3 Å². The lowest BCUT2D eigenvalue weighted by atomic mass is 10.1. The summed E-state index contributed by atoms with van der Waals surface area (Å²) in [7, 11) is 3.16. The molecular formula is C19H18N4O4. The number of methoxy groups -OCH3 is 2. The normalized spacial score (nSPS) is 12.7. The summed E-state index contributed by atoms with van der Waals surface area (Å²) in [6.45, 7) is 0.474. The second-order valence-electron chi connectivity index (χ2n) is 6.10. The zero-order valence-corrected chi connectivity index (χ0v) is 14.9. The van der Waals surface area contributed by atoms with Crippen molar-refractivity contribution in [2.45, 2.75) is 6.42 Å². The Morgan fingerprint density at radius 1 is 1.15 bits per heavy atom. The predicted octanol–water partition coefficient (Wildman–Crippen LogP) is 3.43. The van der Waals surface area contributed by atoms with Crippen molar-refractivity contribution >= 4 is 34.2 Å². The summed E-state index contributed by atoms with van der Waals surface area (Å²) in [4.78, 5) is 21.3. The topological polar surface area (TPSA) is 96.8 Å². The van der Waals surface area contributed by atoms with Crippen LogP contribution in [0.25, 0.3) is 10.9 Å². The van der Waals surface area contributed by atoms with E-state index in [4.69, 9.17) is 9.47 Å². The first-order chi connectivity index (χ1) is 13.1. The number of anilines is 3. The molecule has 0 atom stereocenters.